The Balaban J connectivity index is 2.43. The van der Waals surface area contributed by atoms with Crippen LogP contribution in [0.25, 0.3) is 0 Å². The lowest BCUT2D eigenvalue weighted by Crippen LogP contribution is -2.23. The Hall–Kier alpha value is -2.08. The van der Waals surface area contributed by atoms with E-state index in [-0.39, 0.29) is 17.1 Å². The van der Waals surface area contributed by atoms with Crippen LogP contribution in [0, 0.1) is 12.7 Å². The third-order valence-corrected chi connectivity index (χ3v) is 2.89. The zero-order chi connectivity index (χ0) is 14.0. The fourth-order valence-corrected chi connectivity index (χ4v) is 1.80. The standard InChI is InChI=1S/C13H12FN3OS/c1-8-2-5-12(18)17(16-8)7-10-6-9(13(15)19)3-4-11(10)14/h2-6H,7H2,1H3,(H2,15,19). The van der Waals surface area contributed by atoms with E-state index < -0.39 is 5.82 Å². The van der Waals surface area contributed by atoms with Gasteiger partial charge in [0.05, 0.1) is 12.2 Å². The van der Waals surface area contributed by atoms with Crippen LogP contribution in [0.3, 0.4) is 0 Å². The quantitative estimate of drug-likeness (QED) is 0.861. The second-order valence-electron chi connectivity index (χ2n) is 4.14. The average molecular weight is 277 g/mol. The van der Waals surface area contributed by atoms with E-state index in [0.717, 1.165) is 0 Å². The first kappa shape index (κ1) is 13.4. The summed E-state index contributed by atoms with van der Waals surface area (Å²) in [4.78, 5) is 11.8. The molecular formula is C13H12FN3OS. The first-order chi connectivity index (χ1) is 8.97. The van der Waals surface area contributed by atoms with Gasteiger partial charge in [0.25, 0.3) is 5.56 Å². The first-order valence-electron chi connectivity index (χ1n) is 5.60. The second-order valence-corrected chi connectivity index (χ2v) is 4.58. The van der Waals surface area contributed by atoms with Crippen molar-refractivity contribution in [1.29, 1.82) is 0 Å². The number of nitrogens with zero attached hydrogens (tertiary/aromatic N) is 2. The van der Waals surface area contributed by atoms with Crippen LogP contribution in [0.15, 0.2) is 35.1 Å². The first-order valence-corrected chi connectivity index (χ1v) is 6.01. The maximum atomic E-state index is 13.7. The van der Waals surface area contributed by atoms with Gasteiger partial charge in [-0.2, -0.15) is 5.10 Å². The van der Waals surface area contributed by atoms with Crippen molar-refractivity contribution in [3.63, 3.8) is 0 Å². The molecule has 6 heteroatoms. The van der Waals surface area contributed by atoms with Crippen LogP contribution < -0.4 is 11.3 Å². The molecule has 0 fully saturated rings. The summed E-state index contributed by atoms with van der Waals surface area (Å²) < 4.78 is 14.9. The molecule has 0 aliphatic rings. The Morgan fingerprint density at radius 1 is 1.42 bits per heavy atom. The van der Waals surface area contributed by atoms with Gasteiger partial charge < -0.3 is 5.73 Å². The molecule has 0 radical (unpaired) electrons. The van der Waals surface area contributed by atoms with Crippen LogP contribution >= 0.6 is 12.2 Å². The number of benzene rings is 1. The van der Waals surface area contributed by atoms with Crippen molar-refractivity contribution in [2.24, 2.45) is 5.73 Å². The average Bonchev–Trinajstić information content (AvgIpc) is 2.36. The van der Waals surface area contributed by atoms with Crippen molar-refractivity contribution in [1.82, 2.24) is 9.78 Å². The fourth-order valence-electron chi connectivity index (χ4n) is 1.67. The second kappa shape index (κ2) is 5.27. The predicted molar refractivity (Wildman–Crippen MR) is 74.6 cm³/mol. The summed E-state index contributed by atoms with van der Waals surface area (Å²) in [5.74, 6) is -0.421. The molecule has 0 aliphatic heterocycles. The van der Waals surface area contributed by atoms with Crippen LogP contribution in [0.1, 0.15) is 16.8 Å². The molecule has 0 saturated carbocycles. The van der Waals surface area contributed by atoms with Crippen molar-refractivity contribution in [2.45, 2.75) is 13.5 Å². The van der Waals surface area contributed by atoms with Gasteiger partial charge in [-0.1, -0.05) is 12.2 Å². The van der Waals surface area contributed by atoms with Gasteiger partial charge in [-0.15, -0.1) is 0 Å². The molecule has 0 unspecified atom stereocenters. The van der Waals surface area contributed by atoms with Crippen LogP contribution in [0.2, 0.25) is 0 Å². The number of aryl methyl sites for hydroxylation is 1. The smallest absolute Gasteiger partial charge is 0.267 e. The molecule has 0 amide bonds. The lowest BCUT2D eigenvalue weighted by molar-refractivity contribution is 0.568. The molecule has 0 spiro atoms. The summed E-state index contributed by atoms with van der Waals surface area (Å²) >= 11 is 4.85. The number of aromatic nitrogens is 2. The predicted octanol–water partition coefficient (Wildman–Crippen LogP) is 1.37. The maximum absolute atomic E-state index is 13.7. The van der Waals surface area contributed by atoms with E-state index in [4.69, 9.17) is 18.0 Å². The molecular weight excluding hydrogens is 265 g/mol. The zero-order valence-corrected chi connectivity index (χ0v) is 11.1. The third kappa shape index (κ3) is 3.03. The van der Waals surface area contributed by atoms with Gasteiger partial charge in [-0.25, -0.2) is 9.07 Å². The fraction of sp³-hybridized carbons (Fsp3) is 0.154. The van der Waals surface area contributed by atoms with Crippen molar-refractivity contribution in [2.75, 3.05) is 0 Å². The monoisotopic (exact) mass is 277 g/mol. The van der Waals surface area contributed by atoms with Crippen LogP contribution in [-0.2, 0) is 6.54 Å². The zero-order valence-electron chi connectivity index (χ0n) is 10.3. The minimum absolute atomic E-state index is 0.0444. The van der Waals surface area contributed by atoms with E-state index in [1.165, 1.54) is 28.9 Å². The highest BCUT2D eigenvalue weighted by Crippen LogP contribution is 2.11. The van der Waals surface area contributed by atoms with Gasteiger partial charge >= 0.3 is 0 Å². The Morgan fingerprint density at radius 2 is 2.16 bits per heavy atom. The molecule has 98 valence electrons. The minimum Gasteiger partial charge on any atom is -0.389 e. The molecule has 2 rings (SSSR count). The summed E-state index contributed by atoms with van der Waals surface area (Å²) in [5, 5.41) is 4.06. The number of hydrogen-bond donors (Lipinski definition) is 1. The SMILES string of the molecule is Cc1ccc(=O)n(Cc2cc(C(N)=S)ccc2F)n1. The van der Waals surface area contributed by atoms with E-state index in [9.17, 15) is 9.18 Å². The molecule has 0 saturated heterocycles. The van der Waals surface area contributed by atoms with Crippen molar-refractivity contribution in [3.05, 3.63) is 63.3 Å². The van der Waals surface area contributed by atoms with Crippen molar-refractivity contribution in [3.8, 4) is 0 Å². The number of thiocarbonyl (C=S) groups is 1. The van der Waals surface area contributed by atoms with E-state index in [2.05, 4.69) is 5.10 Å². The lowest BCUT2D eigenvalue weighted by atomic mass is 10.1. The third-order valence-electron chi connectivity index (χ3n) is 2.65. The molecule has 19 heavy (non-hydrogen) atoms. The Kier molecular flexibility index (Phi) is 3.71. The van der Waals surface area contributed by atoms with Crippen molar-refractivity contribution >= 4 is 17.2 Å². The Morgan fingerprint density at radius 3 is 2.84 bits per heavy atom. The molecule has 0 bridgehead atoms. The summed E-state index contributed by atoms with van der Waals surface area (Å²) in [6, 6.07) is 7.34. The number of nitrogens with two attached hydrogens (primary N) is 1. The van der Waals surface area contributed by atoms with E-state index >= 15 is 0 Å². The van der Waals surface area contributed by atoms with Gasteiger partial charge in [0, 0.05) is 17.2 Å². The summed E-state index contributed by atoms with van der Waals surface area (Å²) in [7, 11) is 0. The van der Waals surface area contributed by atoms with Crippen molar-refractivity contribution < 1.29 is 4.39 Å². The minimum atomic E-state index is -0.421. The van der Waals surface area contributed by atoms with Crippen LogP contribution in [-0.4, -0.2) is 14.8 Å². The topological polar surface area (TPSA) is 60.9 Å². The van der Waals surface area contributed by atoms with Crippen LogP contribution in [0.4, 0.5) is 4.39 Å². The maximum Gasteiger partial charge on any atom is 0.267 e. The van der Waals surface area contributed by atoms with E-state index in [0.29, 0.717) is 16.8 Å². The molecule has 1 aromatic carbocycles. The molecule has 2 N–H and O–H groups in total. The highest BCUT2D eigenvalue weighted by molar-refractivity contribution is 7.80. The van der Waals surface area contributed by atoms with Gasteiger partial charge in [-0.3, -0.25) is 4.79 Å². The number of rotatable bonds is 3. The van der Waals surface area contributed by atoms with Gasteiger partial charge in [0.15, 0.2) is 0 Å². The highest BCUT2D eigenvalue weighted by atomic mass is 32.1. The summed E-state index contributed by atoms with van der Waals surface area (Å²) in [6.07, 6.45) is 0. The van der Waals surface area contributed by atoms with Gasteiger partial charge in [0.1, 0.15) is 10.8 Å². The molecule has 0 atom stereocenters. The number of hydrogen-bond acceptors (Lipinski definition) is 3. The summed E-state index contributed by atoms with van der Waals surface area (Å²) in [5.41, 5.74) is 6.79. The summed E-state index contributed by atoms with van der Waals surface area (Å²) in [6.45, 7) is 1.81. The van der Waals surface area contributed by atoms with Gasteiger partial charge in [-0.05, 0) is 31.2 Å². The molecule has 0 aliphatic carbocycles. The molecule has 1 aromatic heterocycles. The Bertz CT molecular complexity index is 697. The largest absolute Gasteiger partial charge is 0.389 e. The van der Waals surface area contributed by atoms with E-state index in [1.807, 2.05) is 0 Å². The lowest BCUT2D eigenvalue weighted by Gasteiger charge is -2.08. The molecule has 4 nitrogen and oxygen atoms in total. The molecule has 1 heterocycles. The number of halogens is 1. The van der Waals surface area contributed by atoms with Gasteiger partial charge in [0.2, 0.25) is 0 Å². The highest BCUT2D eigenvalue weighted by Gasteiger charge is 2.08. The van der Waals surface area contributed by atoms with Crippen LogP contribution in [0.5, 0.6) is 0 Å². The Labute approximate surface area is 114 Å². The van der Waals surface area contributed by atoms with E-state index in [1.54, 1.807) is 13.0 Å². The molecule has 2 aromatic rings. The normalized spacial score (nSPS) is 10.4.